The largest absolute Gasteiger partial charge is 0.316 e. The number of rotatable bonds is 1. The molecule has 0 bridgehead atoms. The van der Waals surface area contributed by atoms with Crippen molar-refractivity contribution in [2.45, 2.75) is 122 Å². The highest BCUT2D eigenvalue weighted by molar-refractivity contribution is 4.84. The predicted molar refractivity (Wildman–Crippen MR) is 145 cm³/mol. The normalized spacial score (nSPS) is 18.2. The Hall–Kier alpha value is -0.0800. The standard InChI is InChI=1S/C9H18.C7H15N.C7H17N.C6H14/c1-9(2,3)8-6-4-5-7-8;1-7(2,3)6-4-8-5-6;1-7(2,3)6-8(4)5;1-5-6(2,3)4/h8H,4-7H2,1-3H3;6,8H,4-5H2,1-3H3;6H2,1-5H3;5H2,1-4H3. The first-order valence-corrected chi connectivity index (χ1v) is 13.0. The minimum absolute atomic E-state index is 0.448. The molecular weight excluding hydrogens is 376 g/mol. The minimum Gasteiger partial charge on any atom is -0.316 e. The number of nitrogens with zero attached hydrogens (tertiary/aromatic N) is 1. The van der Waals surface area contributed by atoms with Crippen LogP contribution in [0.25, 0.3) is 0 Å². The van der Waals surface area contributed by atoms with Gasteiger partial charge in [-0.3, -0.25) is 0 Å². The van der Waals surface area contributed by atoms with E-state index in [0.717, 1.165) is 18.4 Å². The van der Waals surface area contributed by atoms with Gasteiger partial charge in [0.2, 0.25) is 0 Å². The van der Waals surface area contributed by atoms with Gasteiger partial charge >= 0.3 is 0 Å². The highest BCUT2D eigenvalue weighted by Crippen LogP contribution is 2.38. The molecule has 0 radical (unpaired) electrons. The molecule has 0 aromatic rings. The van der Waals surface area contributed by atoms with Gasteiger partial charge in [0, 0.05) is 6.54 Å². The maximum atomic E-state index is 3.27. The van der Waals surface area contributed by atoms with Crippen molar-refractivity contribution >= 4 is 0 Å². The van der Waals surface area contributed by atoms with Crippen molar-refractivity contribution in [3.05, 3.63) is 0 Å². The molecule has 0 aromatic heterocycles. The lowest BCUT2D eigenvalue weighted by atomic mass is 9.77. The lowest BCUT2D eigenvalue weighted by Gasteiger charge is -2.38. The Morgan fingerprint density at radius 2 is 1.00 bits per heavy atom. The van der Waals surface area contributed by atoms with Crippen LogP contribution < -0.4 is 5.32 Å². The van der Waals surface area contributed by atoms with Crippen LogP contribution in [-0.2, 0) is 0 Å². The van der Waals surface area contributed by atoms with E-state index >= 15 is 0 Å². The fourth-order valence-electron chi connectivity index (χ4n) is 3.64. The molecule has 0 aromatic carbocycles. The lowest BCUT2D eigenvalue weighted by Crippen LogP contribution is -2.48. The van der Waals surface area contributed by atoms with Crippen molar-refractivity contribution in [1.29, 1.82) is 0 Å². The Bertz CT molecular complexity index is 414. The molecule has 2 rings (SSSR count). The van der Waals surface area contributed by atoms with E-state index in [4.69, 9.17) is 0 Å². The molecule has 0 spiro atoms. The number of hydrogen-bond acceptors (Lipinski definition) is 2. The number of hydrogen-bond donors (Lipinski definition) is 1. The predicted octanol–water partition coefficient (Wildman–Crippen LogP) is 8.51. The Labute approximate surface area is 199 Å². The molecule has 2 nitrogen and oxygen atoms in total. The topological polar surface area (TPSA) is 15.3 Å². The minimum atomic E-state index is 0.448. The third-order valence-electron chi connectivity index (χ3n) is 6.44. The Morgan fingerprint density at radius 3 is 1.06 bits per heavy atom. The molecule has 1 saturated carbocycles. The van der Waals surface area contributed by atoms with E-state index < -0.39 is 0 Å². The Balaban J connectivity index is 0. The Kier molecular flexibility index (Phi) is 15.2. The summed E-state index contributed by atoms with van der Waals surface area (Å²) in [5, 5.41) is 3.27. The fraction of sp³-hybridized carbons (Fsp3) is 1.00. The molecule has 2 fully saturated rings. The van der Waals surface area contributed by atoms with E-state index in [1.165, 1.54) is 45.2 Å². The van der Waals surface area contributed by atoms with E-state index in [2.05, 4.69) is 114 Å². The van der Waals surface area contributed by atoms with Gasteiger partial charge in [0.05, 0.1) is 0 Å². The maximum Gasteiger partial charge on any atom is 0.00239 e. The zero-order chi connectivity index (χ0) is 25.1. The quantitative estimate of drug-likeness (QED) is 0.439. The smallest absolute Gasteiger partial charge is 0.00239 e. The summed E-state index contributed by atoms with van der Waals surface area (Å²) in [6.07, 6.45) is 7.17. The van der Waals surface area contributed by atoms with Gasteiger partial charge in [-0.1, -0.05) is 109 Å². The molecule has 0 unspecified atom stereocenters. The van der Waals surface area contributed by atoms with Gasteiger partial charge in [0.25, 0.3) is 0 Å². The van der Waals surface area contributed by atoms with Crippen LogP contribution in [0.2, 0.25) is 0 Å². The summed E-state index contributed by atoms with van der Waals surface area (Å²) in [7, 11) is 4.20. The number of nitrogens with one attached hydrogen (secondary N) is 1. The summed E-state index contributed by atoms with van der Waals surface area (Å²) in [5.74, 6) is 1.93. The van der Waals surface area contributed by atoms with Crippen LogP contribution in [0.5, 0.6) is 0 Å². The zero-order valence-electron chi connectivity index (χ0n) is 24.8. The molecular formula is C29H64N2. The summed E-state index contributed by atoms with van der Waals surface area (Å²) in [4.78, 5) is 2.21. The van der Waals surface area contributed by atoms with Gasteiger partial charge < -0.3 is 10.2 Å². The van der Waals surface area contributed by atoms with Crippen molar-refractivity contribution in [3.63, 3.8) is 0 Å². The highest BCUT2D eigenvalue weighted by atomic mass is 15.1. The van der Waals surface area contributed by atoms with Crippen LogP contribution in [0.15, 0.2) is 0 Å². The van der Waals surface area contributed by atoms with Crippen molar-refractivity contribution in [2.24, 2.45) is 33.5 Å². The molecule has 2 heteroatoms. The third kappa shape index (κ3) is 21.5. The average Bonchev–Trinajstić information content (AvgIpc) is 2.95. The molecule has 190 valence electrons. The molecule has 1 aliphatic heterocycles. The first-order valence-electron chi connectivity index (χ1n) is 13.0. The van der Waals surface area contributed by atoms with Gasteiger partial charge in [0.1, 0.15) is 0 Å². The SMILES string of the molecule is CC(C)(C)C1CCCC1.CC(C)(C)C1CNC1.CCC(C)(C)C.CN(C)CC(C)(C)C. The second kappa shape index (κ2) is 14.2. The van der Waals surface area contributed by atoms with Crippen molar-refractivity contribution in [1.82, 2.24) is 10.2 Å². The average molecular weight is 441 g/mol. The van der Waals surface area contributed by atoms with E-state index in [0.29, 0.717) is 21.7 Å². The highest BCUT2D eigenvalue weighted by Gasteiger charge is 2.29. The molecule has 2 aliphatic rings. The van der Waals surface area contributed by atoms with Gasteiger partial charge in [-0.05, 0) is 73.5 Å². The van der Waals surface area contributed by atoms with Crippen LogP contribution in [0.1, 0.15) is 122 Å². The summed E-state index contributed by atoms with van der Waals surface area (Å²) >= 11 is 0. The third-order valence-corrected chi connectivity index (χ3v) is 6.44. The molecule has 1 saturated heterocycles. The van der Waals surface area contributed by atoms with Gasteiger partial charge in [-0.15, -0.1) is 0 Å². The summed E-state index contributed by atoms with van der Waals surface area (Å²) in [6.45, 7) is 33.3. The fourth-order valence-corrected chi connectivity index (χ4v) is 3.64. The lowest BCUT2D eigenvalue weighted by molar-refractivity contribution is 0.165. The molecule has 1 aliphatic carbocycles. The van der Waals surface area contributed by atoms with Crippen LogP contribution in [-0.4, -0.2) is 38.6 Å². The van der Waals surface area contributed by atoms with Crippen molar-refractivity contribution in [3.8, 4) is 0 Å². The van der Waals surface area contributed by atoms with E-state index in [1.54, 1.807) is 0 Å². The van der Waals surface area contributed by atoms with Crippen LogP contribution in [0.4, 0.5) is 0 Å². The second-order valence-electron chi connectivity index (χ2n) is 14.8. The second-order valence-corrected chi connectivity index (χ2v) is 14.8. The zero-order valence-corrected chi connectivity index (χ0v) is 24.8. The van der Waals surface area contributed by atoms with Crippen LogP contribution in [0.3, 0.4) is 0 Å². The van der Waals surface area contributed by atoms with Crippen LogP contribution in [0, 0.1) is 33.5 Å². The maximum absolute atomic E-state index is 3.27. The summed E-state index contributed by atoms with van der Waals surface area (Å²) in [5.41, 5.74) is 2.10. The molecule has 1 N–H and O–H groups in total. The Morgan fingerprint density at radius 1 is 0.645 bits per heavy atom. The molecule has 0 amide bonds. The van der Waals surface area contributed by atoms with Crippen molar-refractivity contribution in [2.75, 3.05) is 33.7 Å². The van der Waals surface area contributed by atoms with Gasteiger partial charge in [0.15, 0.2) is 0 Å². The summed E-state index contributed by atoms with van der Waals surface area (Å²) in [6, 6.07) is 0. The molecule has 31 heavy (non-hydrogen) atoms. The molecule has 1 heterocycles. The van der Waals surface area contributed by atoms with Crippen molar-refractivity contribution < 1.29 is 0 Å². The molecule has 0 atom stereocenters. The van der Waals surface area contributed by atoms with Gasteiger partial charge in [-0.25, -0.2) is 0 Å². The van der Waals surface area contributed by atoms with E-state index in [9.17, 15) is 0 Å². The summed E-state index contributed by atoms with van der Waals surface area (Å²) < 4.78 is 0. The monoisotopic (exact) mass is 441 g/mol. The first kappa shape index (κ1) is 33.1. The first-order chi connectivity index (χ1) is 13.7. The van der Waals surface area contributed by atoms with Crippen LogP contribution >= 0.6 is 0 Å². The van der Waals surface area contributed by atoms with E-state index in [1.807, 2.05) is 0 Å². The van der Waals surface area contributed by atoms with Gasteiger partial charge in [-0.2, -0.15) is 0 Å². The van der Waals surface area contributed by atoms with E-state index in [-0.39, 0.29) is 0 Å².